The number of rotatable bonds is 6. The molecule has 2 aromatic rings. The number of nitrogens with one attached hydrogen (secondary N) is 1. The van der Waals surface area contributed by atoms with E-state index in [0.29, 0.717) is 0 Å². The fourth-order valence-electron chi connectivity index (χ4n) is 3.21. The van der Waals surface area contributed by atoms with Gasteiger partial charge in [-0.3, -0.25) is 0 Å². The SMILES string of the molecule is Cc1cccc(SC[C@@H](O)C[NH+]2CCN(c3ccccc3)CC2)c1. The highest BCUT2D eigenvalue weighted by Gasteiger charge is 2.22. The molecule has 3 rings (SSSR count). The van der Waals surface area contributed by atoms with Gasteiger partial charge in [-0.15, -0.1) is 11.8 Å². The lowest BCUT2D eigenvalue weighted by Crippen LogP contribution is -3.15. The average Bonchev–Trinajstić information content (AvgIpc) is 2.61. The molecule has 0 spiro atoms. The quantitative estimate of drug-likeness (QED) is 0.784. The molecule has 1 heterocycles. The van der Waals surface area contributed by atoms with E-state index in [1.165, 1.54) is 21.0 Å². The number of aryl methyl sites for hydroxylation is 1. The normalized spacial score (nSPS) is 17.0. The summed E-state index contributed by atoms with van der Waals surface area (Å²) in [6.07, 6.45) is -0.242. The molecule has 1 saturated heterocycles. The summed E-state index contributed by atoms with van der Waals surface area (Å²) in [6.45, 7) is 7.29. The molecule has 1 aliphatic rings. The van der Waals surface area contributed by atoms with Gasteiger partial charge >= 0.3 is 0 Å². The second-order valence-electron chi connectivity index (χ2n) is 6.56. The fourth-order valence-corrected chi connectivity index (χ4v) is 4.16. The second kappa shape index (κ2) is 8.56. The van der Waals surface area contributed by atoms with Gasteiger partial charge in [0.2, 0.25) is 0 Å². The first-order valence-electron chi connectivity index (χ1n) is 8.72. The van der Waals surface area contributed by atoms with E-state index >= 15 is 0 Å². The van der Waals surface area contributed by atoms with Crippen molar-refractivity contribution in [1.29, 1.82) is 0 Å². The van der Waals surface area contributed by atoms with Gasteiger partial charge in [0.1, 0.15) is 12.6 Å². The van der Waals surface area contributed by atoms with Gasteiger partial charge in [0.25, 0.3) is 0 Å². The van der Waals surface area contributed by atoms with Crippen LogP contribution in [0.2, 0.25) is 0 Å². The minimum Gasteiger partial charge on any atom is -0.386 e. The zero-order chi connectivity index (χ0) is 16.8. The molecule has 2 N–H and O–H groups in total. The summed E-state index contributed by atoms with van der Waals surface area (Å²) in [7, 11) is 0. The Kier molecular flexibility index (Phi) is 6.18. The predicted molar refractivity (Wildman–Crippen MR) is 102 cm³/mol. The molecule has 0 aromatic heterocycles. The first kappa shape index (κ1) is 17.3. The largest absolute Gasteiger partial charge is 0.386 e. The molecule has 0 saturated carbocycles. The molecule has 24 heavy (non-hydrogen) atoms. The predicted octanol–water partition coefficient (Wildman–Crippen LogP) is 1.85. The zero-order valence-electron chi connectivity index (χ0n) is 14.3. The molecule has 3 nitrogen and oxygen atoms in total. The van der Waals surface area contributed by atoms with Crippen LogP contribution in [-0.4, -0.2) is 49.7 Å². The van der Waals surface area contributed by atoms with Gasteiger partial charge in [-0.05, 0) is 31.2 Å². The Hall–Kier alpha value is -1.49. The third kappa shape index (κ3) is 5.00. The molecule has 128 valence electrons. The molecule has 0 radical (unpaired) electrons. The standard InChI is InChI=1S/C20H26N2OS/c1-17-6-5-9-20(14-17)24-16-19(23)15-21-10-12-22(13-11-21)18-7-3-2-4-8-18/h2-9,14,19,23H,10-13,15-16H2,1H3/p+1/t19-/m0/s1. The van der Waals surface area contributed by atoms with E-state index in [1.807, 2.05) is 0 Å². The van der Waals surface area contributed by atoms with Crippen LogP contribution < -0.4 is 9.80 Å². The zero-order valence-corrected chi connectivity index (χ0v) is 15.1. The average molecular weight is 344 g/mol. The summed E-state index contributed by atoms with van der Waals surface area (Å²) in [5.74, 6) is 0.773. The van der Waals surface area contributed by atoms with Crippen LogP contribution in [0.5, 0.6) is 0 Å². The third-order valence-corrected chi connectivity index (χ3v) is 5.69. The number of nitrogens with zero attached hydrogens (tertiary/aromatic N) is 1. The van der Waals surface area contributed by atoms with E-state index in [2.05, 4.69) is 66.4 Å². The van der Waals surface area contributed by atoms with E-state index in [4.69, 9.17) is 0 Å². The molecule has 1 fully saturated rings. The Labute approximate surface area is 149 Å². The highest BCUT2D eigenvalue weighted by atomic mass is 32.2. The number of benzene rings is 2. The summed E-state index contributed by atoms with van der Waals surface area (Å²) in [4.78, 5) is 5.20. The van der Waals surface area contributed by atoms with Crippen LogP contribution in [0.4, 0.5) is 5.69 Å². The van der Waals surface area contributed by atoms with Crippen LogP contribution in [0, 0.1) is 6.92 Å². The van der Waals surface area contributed by atoms with E-state index in [1.54, 1.807) is 11.8 Å². The summed E-state index contributed by atoms with van der Waals surface area (Å²) < 4.78 is 0. The van der Waals surface area contributed by atoms with Crippen molar-refractivity contribution in [2.24, 2.45) is 0 Å². The van der Waals surface area contributed by atoms with Crippen molar-refractivity contribution in [3.63, 3.8) is 0 Å². The maximum absolute atomic E-state index is 10.4. The molecule has 0 aliphatic carbocycles. The van der Waals surface area contributed by atoms with E-state index < -0.39 is 0 Å². The van der Waals surface area contributed by atoms with Crippen LogP contribution in [0.1, 0.15) is 5.56 Å². The third-order valence-electron chi connectivity index (χ3n) is 4.55. The van der Waals surface area contributed by atoms with Gasteiger partial charge < -0.3 is 14.9 Å². The number of anilines is 1. The lowest BCUT2D eigenvalue weighted by molar-refractivity contribution is -0.903. The van der Waals surface area contributed by atoms with Crippen molar-refractivity contribution in [3.8, 4) is 0 Å². The topological polar surface area (TPSA) is 27.9 Å². The van der Waals surface area contributed by atoms with Crippen LogP contribution in [0.15, 0.2) is 59.5 Å². The van der Waals surface area contributed by atoms with Gasteiger partial charge in [0.15, 0.2) is 0 Å². The van der Waals surface area contributed by atoms with E-state index in [9.17, 15) is 5.11 Å². The molecule has 1 aliphatic heterocycles. The smallest absolute Gasteiger partial charge is 0.112 e. The number of hydrogen-bond acceptors (Lipinski definition) is 3. The van der Waals surface area contributed by atoms with Gasteiger partial charge in [-0.25, -0.2) is 0 Å². The number of aliphatic hydroxyl groups excluding tert-OH is 1. The second-order valence-corrected chi connectivity index (χ2v) is 7.65. The van der Waals surface area contributed by atoms with Crippen LogP contribution in [0.25, 0.3) is 0 Å². The van der Waals surface area contributed by atoms with Crippen molar-refractivity contribution < 1.29 is 10.0 Å². The number of piperazine rings is 1. The number of thioether (sulfide) groups is 1. The number of quaternary nitrogens is 1. The summed E-state index contributed by atoms with van der Waals surface area (Å²) in [5.41, 5.74) is 2.59. The van der Waals surface area contributed by atoms with E-state index in [-0.39, 0.29) is 6.10 Å². The van der Waals surface area contributed by atoms with Gasteiger partial charge in [0.05, 0.1) is 26.2 Å². The Morgan fingerprint density at radius 2 is 1.83 bits per heavy atom. The van der Waals surface area contributed by atoms with Crippen LogP contribution in [-0.2, 0) is 0 Å². The maximum atomic E-state index is 10.4. The highest BCUT2D eigenvalue weighted by Crippen LogP contribution is 2.19. The number of aliphatic hydroxyl groups is 1. The van der Waals surface area contributed by atoms with Gasteiger partial charge in [-0.1, -0.05) is 35.9 Å². The summed E-state index contributed by atoms with van der Waals surface area (Å²) >= 11 is 1.75. The van der Waals surface area contributed by atoms with Crippen molar-refractivity contribution in [2.75, 3.05) is 43.4 Å². The first-order valence-corrected chi connectivity index (χ1v) is 9.70. The summed E-state index contributed by atoms with van der Waals surface area (Å²) in [6, 6.07) is 19.1. The molecular weight excluding hydrogens is 316 g/mol. The van der Waals surface area contributed by atoms with Gasteiger partial charge in [-0.2, -0.15) is 0 Å². The van der Waals surface area contributed by atoms with Crippen LogP contribution in [0.3, 0.4) is 0 Å². The molecule has 2 aromatic carbocycles. The van der Waals surface area contributed by atoms with E-state index in [0.717, 1.165) is 38.5 Å². The highest BCUT2D eigenvalue weighted by molar-refractivity contribution is 7.99. The first-order chi connectivity index (χ1) is 11.7. The maximum Gasteiger partial charge on any atom is 0.112 e. The van der Waals surface area contributed by atoms with Crippen molar-refractivity contribution in [2.45, 2.75) is 17.9 Å². The minimum atomic E-state index is -0.242. The molecule has 0 unspecified atom stereocenters. The number of hydrogen-bond donors (Lipinski definition) is 2. The Balaban J connectivity index is 1.41. The lowest BCUT2D eigenvalue weighted by atomic mass is 10.2. The minimum absolute atomic E-state index is 0.242. The molecule has 0 amide bonds. The molecular formula is C20H27N2OS+. The fraction of sp³-hybridized carbons (Fsp3) is 0.400. The van der Waals surface area contributed by atoms with Crippen LogP contribution >= 0.6 is 11.8 Å². The molecule has 1 atom stereocenters. The molecule has 0 bridgehead atoms. The molecule has 4 heteroatoms. The Morgan fingerprint density at radius 3 is 2.54 bits per heavy atom. The van der Waals surface area contributed by atoms with Crippen molar-refractivity contribution >= 4 is 17.4 Å². The number of para-hydroxylation sites is 1. The summed E-state index contributed by atoms with van der Waals surface area (Å²) in [5, 5.41) is 10.4. The van der Waals surface area contributed by atoms with Crippen molar-refractivity contribution in [1.82, 2.24) is 0 Å². The lowest BCUT2D eigenvalue weighted by Gasteiger charge is -2.34. The Bertz CT molecular complexity index is 627. The Morgan fingerprint density at radius 1 is 1.08 bits per heavy atom. The van der Waals surface area contributed by atoms with Gasteiger partial charge in [0, 0.05) is 16.3 Å². The van der Waals surface area contributed by atoms with Crippen molar-refractivity contribution in [3.05, 3.63) is 60.2 Å². The monoisotopic (exact) mass is 343 g/mol.